The largest absolute Gasteiger partial charge is 0.274 e. The maximum Gasteiger partial charge on any atom is 0.266 e. The van der Waals surface area contributed by atoms with Gasteiger partial charge in [-0.05, 0) is 29.8 Å². The highest BCUT2D eigenvalue weighted by Gasteiger charge is 2.21. The van der Waals surface area contributed by atoms with Crippen molar-refractivity contribution in [2.45, 2.75) is 11.3 Å². The maximum atomic E-state index is 13.6. The van der Waals surface area contributed by atoms with E-state index in [1.807, 2.05) is 0 Å². The summed E-state index contributed by atoms with van der Waals surface area (Å²) in [6.45, 7) is 0. The number of aromatic nitrogens is 1. The summed E-state index contributed by atoms with van der Waals surface area (Å²) in [6.07, 6.45) is 2.79. The predicted molar refractivity (Wildman–Crippen MR) is 74.7 cm³/mol. The molecule has 0 fully saturated rings. The van der Waals surface area contributed by atoms with E-state index in [-0.39, 0.29) is 11.4 Å². The van der Waals surface area contributed by atoms with E-state index >= 15 is 0 Å². The Morgan fingerprint density at radius 1 is 1.33 bits per heavy atom. The fourth-order valence-corrected chi connectivity index (χ4v) is 2.83. The van der Waals surface area contributed by atoms with Crippen LogP contribution in [-0.4, -0.2) is 19.3 Å². The first-order valence-corrected chi connectivity index (χ1v) is 7.64. The predicted octanol–water partition coefficient (Wildman–Crippen LogP) is 1.92. The topological polar surface area (TPSA) is 76.1 Å². The Balaban J connectivity index is 2.16. The second kappa shape index (κ2) is 6.19. The van der Waals surface area contributed by atoms with Gasteiger partial charge in [-0.3, -0.25) is 9.78 Å². The molecule has 8 heteroatoms. The van der Waals surface area contributed by atoms with E-state index in [9.17, 15) is 17.6 Å². The molecule has 21 heavy (non-hydrogen) atoms. The zero-order valence-electron chi connectivity index (χ0n) is 10.6. The molecule has 0 spiro atoms. The molecule has 5 nitrogen and oxygen atoms in total. The zero-order chi connectivity index (χ0) is 15.5. The second-order valence-corrected chi connectivity index (χ2v) is 6.23. The number of pyridine rings is 1. The molecule has 110 valence electrons. The lowest BCUT2D eigenvalue weighted by Gasteiger charge is -2.08. The summed E-state index contributed by atoms with van der Waals surface area (Å²) in [5.41, 5.74) is 0.543. The number of hydrogen-bond acceptors (Lipinski definition) is 4. The molecule has 1 aromatic carbocycles. The number of sulfonamides is 1. The van der Waals surface area contributed by atoms with Crippen molar-refractivity contribution in [3.8, 4) is 0 Å². The highest BCUT2D eigenvalue weighted by Crippen LogP contribution is 2.18. The van der Waals surface area contributed by atoms with Crippen molar-refractivity contribution >= 4 is 27.5 Å². The third-order valence-corrected chi connectivity index (χ3v) is 4.16. The van der Waals surface area contributed by atoms with E-state index in [4.69, 9.17) is 11.6 Å². The Morgan fingerprint density at radius 3 is 2.71 bits per heavy atom. The molecule has 0 unspecified atom stereocenters. The molecule has 0 radical (unpaired) electrons. The van der Waals surface area contributed by atoms with E-state index in [0.29, 0.717) is 5.56 Å². The van der Waals surface area contributed by atoms with Gasteiger partial charge in [0.2, 0.25) is 5.91 Å². The van der Waals surface area contributed by atoms with Gasteiger partial charge in [0.1, 0.15) is 10.7 Å². The van der Waals surface area contributed by atoms with Crippen LogP contribution in [0.25, 0.3) is 0 Å². The standard InChI is InChI=1S/C13H10ClFN2O3S/c14-10-3-4-12(11(15)7-10)21(19,20)17-13(18)6-9-2-1-5-16-8-9/h1-5,7-8H,6H2,(H,17,18). The van der Waals surface area contributed by atoms with Crippen LogP contribution >= 0.6 is 11.6 Å². The first kappa shape index (κ1) is 15.4. The van der Waals surface area contributed by atoms with Crippen molar-refractivity contribution < 1.29 is 17.6 Å². The molecule has 1 heterocycles. The first-order chi connectivity index (χ1) is 9.88. The summed E-state index contributed by atoms with van der Waals surface area (Å²) in [5.74, 6) is -1.80. The minimum absolute atomic E-state index is 0.0631. The average molecular weight is 329 g/mol. The number of nitrogens with zero attached hydrogens (tertiary/aromatic N) is 1. The normalized spacial score (nSPS) is 11.1. The summed E-state index contributed by atoms with van der Waals surface area (Å²) in [5, 5.41) is 0.0631. The van der Waals surface area contributed by atoms with Gasteiger partial charge in [-0.15, -0.1) is 0 Å². The van der Waals surface area contributed by atoms with Gasteiger partial charge in [-0.25, -0.2) is 17.5 Å². The van der Waals surface area contributed by atoms with Crippen LogP contribution in [0.5, 0.6) is 0 Å². The van der Waals surface area contributed by atoms with Crippen molar-refractivity contribution in [3.05, 3.63) is 59.1 Å². The number of carbonyl (C=O) groups excluding carboxylic acids is 1. The Labute approximate surface area is 125 Å². The third kappa shape index (κ3) is 3.99. The zero-order valence-corrected chi connectivity index (χ0v) is 12.2. The quantitative estimate of drug-likeness (QED) is 0.930. The van der Waals surface area contributed by atoms with E-state index in [1.54, 1.807) is 16.9 Å². The van der Waals surface area contributed by atoms with Crippen molar-refractivity contribution in [2.75, 3.05) is 0 Å². The number of benzene rings is 1. The van der Waals surface area contributed by atoms with Crippen LogP contribution in [0, 0.1) is 5.82 Å². The molecule has 0 saturated heterocycles. The minimum Gasteiger partial charge on any atom is -0.274 e. The molecule has 0 aliphatic carbocycles. The van der Waals surface area contributed by atoms with Crippen LogP contribution in [0.4, 0.5) is 4.39 Å². The third-order valence-electron chi connectivity index (χ3n) is 2.52. The number of amides is 1. The van der Waals surface area contributed by atoms with E-state index in [0.717, 1.165) is 12.1 Å². The van der Waals surface area contributed by atoms with Crippen LogP contribution in [0.15, 0.2) is 47.6 Å². The Hall–Kier alpha value is -1.99. The van der Waals surface area contributed by atoms with E-state index in [2.05, 4.69) is 4.98 Å². The van der Waals surface area contributed by atoms with E-state index in [1.165, 1.54) is 18.5 Å². The molecule has 2 aromatic rings. The SMILES string of the molecule is O=C(Cc1cccnc1)NS(=O)(=O)c1ccc(Cl)cc1F. The molecule has 0 aliphatic heterocycles. The van der Waals surface area contributed by atoms with Crippen LogP contribution < -0.4 is 4.72 Å². The lowest BCUT2D eigenvalue weighted by atomic mass is 10.2. The van der Waals surface area contributed by atoms with Crippen LogP contribution in [0.1, 0.15) is 5.56 Å². The van der Waals surface area contributed by atoms with Crippen LogP contribution in [0.2, 0.25) is 5.02 Å². The molecule has 0 atom stereocenters. The van der Waals surface area contributed by atoms with Crippen molar-refractivity contribution in [1.82, 2.24) is 9.71 Å². The smallest absolute Gasteiger partial charge is 0.266 e. The number of rotatable bonds is 4. The van der Waals surface area contributed by atoms with Crippen molar-refractivity contribution in [3.63, 3.8) is 0 Å². The molecular formula is C13H10ClFN2O3S. The van der Waals surface area contributed by atoms with Gasteiger partial charge in [-0.1, -0.05) is 17.7 Å². The van der Waals surface area contributed by atoms with Crippen molar-refractivity contribution in [2.24, 2.45) is 0 Å². The summed E-state index contributed by atoms with van der Waals surface area (Å²) in [6, 6.07) is 6.34. The first-order valence-electron chi connectivity index (χ1n) is 5.78. The lowest BCUT2D eigenvalue weighted by Crippen LogP contribution is -2.32. The summed E-state index contributed by atoms with van der Waals surface area (Å²) < 4.78 is 39.3. The Morgan fingerprint density at radius 2 is 2.10 bits per heavy atom. The molecule has 1 N–H and O–H groups in total. The number of nitrogens with one attached hydrogen (secondary N) is 1. The molecule has 2 rings (SSSR count). The van der Waals surface area contributed by atoms with Gasteiger partial charge in [0, 0.05) is 17.4 Å². The van der Waals surface area contributed by atoms with Gasteiger partial charge in [0.15, 0.2) is 0 Å². The monoisotopic (exact) mass is 328 g/mol. The summed E-state index contributed by atoms with van der Waals surface area (Å²) in [4.78, 5) is 14.9. The molecule has 1 amide bonds. The molecule has 1 aromatic heterocycles. The van der Waals surface area contributed by atoms with Crippen molar-refractivity contribution in [1.29, 1.82) is 0 Å². The van der Waals surface area contributed by atoms with Crippen LogP contribution in [-0.2, 0) is 21.2 Å². The number of carbonyl (C=O) groups is 1. The Kier molecular flexibility index (Phi) is 4.54. The van der Waals surface area contributed by atoms with Gasteiger partial charge in [-0.2, -0.15) is 0 Å². The fraction of sp³-hybridized carbons (Fsp3) is 0.0769. The molecule has 0 saturated carbocycles. The molecule has 0 aliphatic rings. The lowest BCUT2D eigenvalue weighted by molar-refractivity contribution is -0.118. The second-order valence-electron chi connectivity index (χ2n) is 4.14. The maximum absolute atomic E-state index is 13.6. The fourth-order valence-electron chi connectivity index (χ4n) is 1.62. The van der Waals surface area contributed by atoms with Gasteiger partial charge in [0.25, 0.3) is 10.0 Å². The highest BCUT2D eigenvalue weighted by molar-refractivity contribution is 7.90. The average Bonchev–Trinajstić information content (AvgIpc) is 2.38. The van der Waals surface area contributed by atoms with Gasteiger partial charge in [0.05, 0.1) is 6.42 Å². The van der Waals surface area contributed by atoms with Gasteiger partial charge >= 0.3 is 0 Å². The van der Waals surface area contributed by atoms with Gasteiger partial charge < -0.3 is 0 Å². The number of hydrogen-bond donors (Lipinski definition) is 1. The Bertz CT molecular complexity index is 766. The highest BCUT2D eigenvalue weighted by atomic mass is 35.5. The molecular weight excluding hydrogens is 319 g/mol. The molecule has 0 bridgehead atoms. The van der Waals surface area contributed by atoms with Crippen LogP contribution in [0.3, 0.4) is 0 Å². The van der Waals surface area contributed by atoms with E-state index < -0.39 is 26.6 Å². The minimum atomic E-state index is -4.28. The number of halogens is 2. The summed E-state index contributed by atoms with van der Waals surface area (Å²) in [7, 11) is -4.28. The summed E-state index contributed by atoms with van der Waals surface area (Å²) >= 11 is 5.55.